The summed E-state index contributed by atoms with van der Waals surface area (Å²) in [7, 11) is 0. The van der Waals surface area contributed by atoms with Gasteiger partial charge >= 0.3 is 12.1 Å². The fourth-order valence-electron chi connectivity index (χ4n) is 1.60. The molecular weight excluding hydrogens is 258 g/mol. The Labute approximate surface area is 117 Å². The molecule has 0 radical (unpaired) electrons. The number of benzene rings is 1. The van der Waals surface area contributed by atoms with E-state index in [0.717, 1.165) is 5.56 Å². The van der Waals surface area contributed by atoms with E-state index in [0.29, 0.717) is 11.6 Å². The standard InChI is InChI=1S/C15H17NO4/c1-10-16-12(11-8-6-5-7-9-11)13(18-10)19-14(17)20-15(2,3)4/h5-9H,1-4H3. The van der Waals surface area contributed by atoms with Crippen molar-refractivity contribution in [2.45, 2.75) is 33.3 Å². The highest BCUT2D eigenvalue weighted by Gasteiger charge is 2.22. The third-order valence-corrected chi connectivity index (χ3v) is 2.32. The van der Waals surface area contributed by atoms with Crippen molar-refractivity contribution >= 4 is 6.16 Å². The lowest BCUT2D eigenvalue weighted by Gasteiger charge is -2.18. The predicted molar refractivity (Wildman–Crippen MR) is 73.5 cm³/mol. The molecule has 0 amide bonds. The summed E-state index contributed by atoms with van der Waals surface area (Å²) in [5.74, 6) is 0.463. The molecule has 1 aromatic carbocycles. The monoisotopic (exact) mass is 275 g/mol. The molecule has 0 atom stereocenters. The fraction of sp³-hybridized carbons (Fsp3) is 0.333. The van der Waals surface area contributed by atoms with Gasteiger partial charge in [-0.3, -0.25) is 0 Å². The van der Waals surface area contributed by atoms with E-state index in [4.69, 9.17) is 13.9 Å². The number of oxazole rings is 1. The van der Waals surface area contributed by atoms with Crippen LogP contribution in [0.2, 0.25) is 0 Å². The molecule has 0 bridgehead atoms. The average molecular weight is 275 g/mol. The normalized spacial score (nSPS) is 11.2. The van der Waals surface area contributed by atoms with Crippen LogP contribution in [0, 0.1) is 6.92 Å². The Morgan fingerprint density at radius 1 is 1.20 bits per heavy atom. The van der Waals surface area contributed by atoms with Crippen molar-refractivity contribution in [3.05, 3.63) is 36.2 Å². The first-order valence-corrected chi connectivity index (χ1v) is 6.29. The average Bonchev–Trinajstić information content (AvgIpc) is 2.68. The van der Waals surface area contributed by atoms with Crippen LogP contribution in [0.4, 0.5) is 4.79 Å². The van der Waals surface area contributed by atoms with Crippen LogP contribution in [-0.4, -0.2) is 16.7 Å². The minimum absolute atomic E-state index is 0.0444. The summed E-state index contributed by atoms with van der Waals surface area (Å²) in [6.45, 7) is 6.97. The molecule has 0 saturated carbocycles. The largest absolute Gasteiger partial charge is 0.516 e. The quantitative estimate of drug-likeness (QED) is 0.776. The number of ether oxygens (including phenoxy) is 2. The van der Waals surface area contributed by atoms with Gasteiger partial charge in [0.1, 0.15) is 5.60 Å². The third-order valence-electron chi connectivity index (χ3n) is 2.32. The molecule has 0 saturated heterocycles. The van der Waals surface area contributed by atoms with Gasteiger partial charge in [-0.15, -0.1) is 0 Å². The van der Waals surface area contributed by atoms with Crippen molar-refractivity contribution in [1.29, 1.82) is 0 Å². The van der Waals surface area contributed by atoms with Crippen molar-refractivity contribution in [1.82, 2.24) is 4.98 Å². The maximum absolute atomic E-state index is 11.7. The fourth-order valence-corrected chi connectivity index (χ4v) is 1.60. The second kappa shape index (κ2) is 5.36. The SMILES string of the molecule is Cc1nc(-c2ccccc2)c(OC(=O)OC(C)(C)C)o1. The van der Waals surface area contributed by atoms with Crippen molar-refractivity contribution in [2.24, 2.45) is 0 Å². The molecule has 20 heavy (non-hydrogen) atoms. The lowest BCUT2D eigenvalue weighted by molar-refractivity contribution is 0.0159. The number of carbonyl (C=O) groups is 1. The van der Waals surface area contributed by atoms with Crippen LogP contribution < -0.4 is 4.74 Å². The summed E-state index contributed by atoms with van der Waals surface area (Å²) in [4.78, 5) is 15.9. The van der Waals surface area contributed by atoms with E-state index in [-0.39, 0.29) is 5.95 Å². The molecule has 0 aliphatic carbocycles. The summed E-state index contributed by atoms with van der Waals surface area (Å²) in [5, 5.41) is 0. The zero-order chi connectivity index (χ0) is 14.8. The van der Waals surface area contributed by atoms with Gasteiger partial charge in [0.15, 0.2) is 11.6 Å². The molecule has 0 aliphatic heterocycles. The van der Waals surface area contributed by atoms with Crippen molar-refractivity contribution in [2.75, 3.05) is 0 Å². The molecule has 0 fully saturated rings. The topological polar surface area (TPSA) is 61.6 Å². The highest BCUT2D eigenvalue weighted by molar-refractivity contribution is 5.70. The molecule has 2 aromatic rings. The van der Waals surface area contributed by atoms with E-state index in [1.165, 1.54) is 0 Å². The van der Waals surface area contributed by atoms with Gasteiger partial charge in [-0.05, 0) is 20.8 Å². The smallest absolute Gasteiger partial charge is 0.428 e. The Bertz CT molecular complexity index is 596. The summed E-state index contributed by atoms with van der Waals surface area (Å²) >= 11 is 0. The molecular formula is C15H17NO4. The van der Waals surface area contributed by atoms with E-state index in [2.05, 4.69) is 4.98 Å². The Kier molecular flexibility index (Phi) is 3.79. The molecule has 0 unspecified atom stereocenters. The van der Waals surface area contributed by atoms with Gasteiger partial charge in [-0.1, -0.05) is 30.3 Å². The number of hydrogen-bond donors (Lipinski definition) is 0. The zero-order valence-corrected chi connectivity index (χ0v) is 12.0. The van der Waals surface area contributed by atoms with Gasteiger partial charge in [-0.2, -0.15) is 0 Å². The Balaban J connectivity index is 2.23. The van der Waals surface area contributed by atoms with Gasteiger partial charge < -0.3 is 13.9 Å². The van der Waals surface area contributed by atoms with E-state index in [1.807, 2.05) is 30.3 Å². The van der Waals surface area contributed by atoms with Gasteiger partial charge in [0.25, 0.3) is 0 Å². The highest BCUT2D eigenvalue weighted by Crippen LogP contribution is 2.30. The van der Waals surface area contributed by atoms with Gasteiger partial charge in [0.05, 0.1) is 0 Å². The van der Waals surface area contributed by atoms with E-state index in [9.17, 15) is 4.79 Å². The first kappa shape index (κ1) is 14.1. The Morgan fingerprint density at radius 3 is 2.45 bits per heavy atom. The summed E-state index contributed by atoms with van der Waals surface area (Å²) in [6, 6.07) is 9.36. The Morgan fingerprint density at radius 2 is 1.85 bits per heavy atom. The summed E-state index contributed by atoms with van der Waals surface area (Å²) in [6.07, 6.45) is -0.814. The number of aromatic nitrogens is 1. The minimum atomic E-state index is -0.814. The van der Waals surface area contributed by atoms with Gasteiger partial charge in [0.2, 0.25) is 0 Å². The zero-order valence-electron chi connectivity index (χ0n) is 12.0. The van der Waals surface area contributed by atoms with E-state index < -0.39 is 11.8 Å². The third kappa shape index (κ3) is 3.60. The number of hydrogen-bond acceptors (Lipinski definition) is 5. The molecule has 106 valence electrons. The van der Waals surface area contributed by atoms with Crippen molar-refractivity contribution in [3.8, 4) is 17.2 Å². The van der Waals surface area contributed by atoms with Crippen LogP contribution in [-0.2, 0) is 4.74 Å². The first-order valence-electron chi connectivity index (χ1n) is 6.29. The number of rotatable bonds is 2. The van der Waals surface area contributed by atoms with Crippen molar-refractivity contribution in [3.63, 3.8) is 0 Å². The van der Waals surface area contributed by atoms with E-state index >= 15 is 0 Å². The molecule has 1 aromatic heterocycles. The predicted octanol–water partition coefficient (Wildman–Crippen LogP) is 3.96. The summed E-state index contributed by atoms with van der Waals surface area (Å²) < 4.78 is 15.5. The lowest BCUT2D eigenvalue weighted by atomic mass is 10.2. The number of carbonyl (C=O) groups excluding carboxylic acids is 1. The molecule has 1 heterocycles. The van der Waals surface area contributed by atoms with Gasteiger partial charge in [0, 0.05) is 12.5 Å². The number of aryl methyl sites for hydroxylation is 1. The molecule has 5 nitrogen and oxygen atoms in total. The van der Waals surface area contributed by atoms with Crippen LogP contribution in [0.3, 0.4) is 0 Å². The van der Waals surface area contributed by atoms with Gasteiger partial charge in [-0.25, -0.2) is 9.78 Å². The maximum Gasteiger partial charge on any atom is 0.516 e. The molecule has 0 aliphatic rings. The number of nitrogens with zero attached hydrogens (tertiary/aromatic N) is 1. The maximum atomic E-state index is 11.7. The second-order valence-electron chi connectivity index (χ2n) is 5.30. The second-order valence-corrected chi connectivity index (χ2v) is 5.30. The first-order chi connectivity index (χ1) is 9.35. The highest BCUT2D eigenvalue weighted by atomic mass is 16.8. The van der Waals surface area contributed by atoms with Crippen LogP contribution in [0.15, 0.2) is 34.7 Å². The molecule has 0 N–H and O–H groups in total. The molecule has 5 heteroatoms. The van der Waals surface area contributed by atoms with Crippen LogP contribution in [0.1, 0.15) is 26.7 Å². The van der Waals surface area contributed by atoms with E-state index in [1.54, 1.807) is 27.7 Å². The molecule has 0 spiro atoms. The Hall–Kier alpha value is -2.30. The molecule has 2 rings (SSSR count). The van der Waals surface area contributed by atoms with Crippen LogP contribution in [0.25, 0.3) is 11.3 Å². The van der Waals surface area contributed by atoms with Crippen LogP contribution >= 0.6 is 0 Å². The summed E-state index contributed by atoms with van der Waals surface area (Å²) in [5.41, 5.74) is 0.663. The minimum Gasteiger partial charge on any atom is -0.428 e. The van der Waals surface area contributed by atoms with Crippen LogP contribution in [0.5, 0.6) is 5.95 Å². The van der Waals surface area contributed by atoms with Crippen molar-refractivity contribution < 1.29 is 18.7 Å². The lowest BCUT2D eigenvalue weighted by Crippen LogP contribution is -2.26.